The van der Waals surface area contributed by atoms with Crippen molar-refractivity contribution < 1.29 is 28.0 Å². The third-order valence-electron chi connectivity index (χ3n) is 5.41. The molecule has 1 N–H and O–H groups in total. The number of fused-ring (bicyclic) bond motifs is 1. The monoisotopic (exact) mass is 413 g/mol. The Morgan fingerprint density at radius 1 is 0.867 bits per heavy atom. The van der Waals surface area contributed by atoms with Gasteiger partial charge in [-0.15, -0.1) is 0 Å². The molecule has 2 aromatic carbocycles. The lowest BCUT2D eigenvalue weighted by atomic mass is 9.92. The lowest BCUT2D eigenvalue weighted by Gasteiger charge is -2.22. The van der Waals surface area contributed by atoms with Crippen LogP contribution in [0.15, 0.2) is 42.5 Å². The van der Waals surface area contributed by atoms with Crippen molar-refractivity contribution in [2.45, 2.75) is 18.9 Å². The smallest absolute Gasteiger partial charge is 0.319 e. The number of nitrogens with one attached hydrogen (secondary N) is 1. The molecule has 154 valence electrons. The van der Waals surface area contributed by atoms with E-state index in [9.17, 15) is 28.0 Å². The summed E-state index contributed by atoms with van der Waals surface area (Å²) in [5.41, 5.74) is -0.782. The summed E-state index contributed by atoms with van der Waals surface area (Å²) in [5.74, 6) is -3.64. The minimum Gasteiger partial charge on any atom is -0.319 e. The summed E-state index contributed by atoms with van der Waals surface area (Å²) in [5, 5.41) is 2.50. The Morgan fingerprint density at radius 2 is 1.47 bits per heavy atom. The minimum absolute atomic E-state index is 0.0330. The predicted octanol–water partition coefficient (Wildman–Crippen LogP) is 2.42. The molecule has 7 nitrogen and oxygen atoms in total. The van der Waals surface area contributed by atoms with Gasteiger partial charge >= 0.3 is 6.03 Å². The Bertz CT molecular complexity index is 1070. The molecule has 0 aliphatic carbocycles. The minimum atomic E-state index is -1.54. The van der Waals surface area contributed by atoms with Gasteiger partial charge in [0.2, 0.25) is 0 Å². The number of imide groups is 2. The Labute approximate surface area is 170 Å². The molecule has 30 heavy (non-hydrogen) atoms. The van der Waals surface area contributed by atoms with Gasteiger partial charge in [0.05, 0.1) is 11.1 Å². The second kappa shape index (κ2) is 7.01. The van der Waals surface area contributed by atoms with Crippen LogP contribution in [-0.4, -0.2) is 46.6 Å². The standard InChI is InChI=1S/C21H17F2N3O4/c1-21(12-7-8-15(22)16(23)11-12)19(29)26(20(30)24-21)10-4-9-25-17(27)13-5-2-3-6-14(13)18(25)28/h2-3,5-8,11H,4,9-10H2,1H3,(H,24,30)/t21-/m1/s1. The highest BCUT2D eigenvalue weighted by molar-refractivity contribution is 6.21. The van der Waals surface area contributed by atoms with Crippen LogP contribution in [0.25, 0.3) is 0 Å². The number of benzene rings is 2. The van der Waals surface area contributed by atoms with Crippen molar-refractivity contribution in [1.82, 2.24) is 15.1 Å². The van der Waals surface area contributed by atoms with Gasteiger partial charge < -0.3 is 5.32 Å². The average molecular weight is 413 g/mol. The molecule has 4 rings (SSSR count). The number of hydrogen-bond acceptors (Lipinski definition) is 4. The van der Waals surface area contributed by atoms with Crippen molar-refractivity contribution in [1.29, 1.82) is 0 Å². The first-order valence-corrected chi connectivity index (χ1v) is 9.29. The van der Waals surface area contributed by atoms with E-state index >= 15 is 0 Å². The van der Waals surface area contributed by atoms with Gasteiger partial charge in [0.15, 0.2) is 11.6 Å². The fourth-order valence-electron chi connectivity index (χ4n) is 3.73. The van der Waals surface area contributed by atoms with E-state index in [-0.39, 0.29) is 25.1 Å². The van der Waals surface area contributed by atoms with Gasteiger partial charge in [-0.25, -0.2) is 13.6 Å². The Morgan fingerprint density at radius 3 is 2.07 bits per heavy atom. The molecule has 0 unspecified atom stereocenters. The predicted molar refractivity (Wildman–Crippen MR) is 100 cm³/mol. The summed E-state index contributed by atoms with van der Waals surface area (Å²) in [7, 11) is 0. The molecule has 5 amide bonds. The van der Waals surface area contributed by atoms with Crippen LogP contribution in [0.1, 0.15) is 39.6 Å². The third kappa shape index (κ3) is 2.94. The van der Waals surface area contributed by atoms with Crippen molar-refractivity contribution in [3.63, 3.8) is 0 Å². The summed E-state index contributed by atoms with van der Waals surface area (Å²) < 4.78 is 26.8. The molecule has 0 aromatic heterocycles. The zero-order valence-corrected chi connectivity index (χ0v) is 15.9. The summed E-state index contributed by atoms with van der Waals surface area (Å²) in [6.07, 6.45) is 0.179. The molecular formula is C21H17F2N3O4. The average Bonchev–Trinajstić information content (AvgIpc) is 3.10. The summed E-state index contributed by atoms with van der Waals surface area (Å²) in [6, 6.07) is 8.78. The van der Waals surface area contributed by atoms with Crippen molar-refractivity contribution in [2.75, 3.05) is 13.1 Å². The van der Waals surface area contributed by atoms with Gasteiger partial charge in [-0.05, 0) is 43.2 Å². The zero-order chi connectivity index (χ0) is 21.6. The van der Waals surface area contributed by atoms with E-state index in [2.05, 4.69) is 5.32 Å². The molecule has 9 heteroatoms. The molecular weight excluding hydrogens is 396 g/mol. The Balaban J connectivity index is 1.44. The van der Waals surface area contributed by atoms with Crippen molar-refractivity contribution in [3.8, 4) is 0 Å². The lowest BCUT2D eigenvalue weighted by molar-refractivity contribution is -0.131. The van der Waals surface area contributed by atoms with Crippen LogP contribution < -0.4 is 5.32 Å². The normalized spacial score (nSPS) is 20.8. The summed E-state index contributed by atoms with van der Waals surface area (Å²) in [4.78, 5) is 52.0. The van der Waals surface area contributed by atoms with Gasteiger partial charge in [-0.2, -0.15) is 0 Å². The fourth-order valence-corrected chi connectivity index (χ4v) is 3.73. The van der Waals surface area contributed by atoms with Crippen LogP contribution in [-0.2, 0) is 10.3 Å². The van der Waals surface area contributed by atoms with Crippen molar-refractivity contribution in [2.24, 2.45) is 0 Å². The fraction of sp³-hybridized carbons (Fsp3) is 0.238. The molecule has 0 radical (unpaired) electrons. The number of amides is 5. The topological polar surface area (TPSA) is 86.8 Å². The highest BCUT2D eigenvalue weighted by Gasteiger charge is 2.49. The van der Waals surface area contributed by atoms with E-state index in [0.717, 1.165) is 21.9 Å². The number of urea groups is 1. The van der Waals surface area contributed by atoms with Gasteiger partial charge in [0.25, 0.3) is 17.7 Å². The van der Waals surface area contributed by atoms with E-state index in [0.29, 0.717) is 11.1 Å². The van der Waals surface area contributed by atoms with Crippen molar-refractivity contribution >= 4 is 23.8 Å². The Hall–Kier alpha value is -3.62. The number of rotatable bonds is 5. The maximum absolute atomic E-state index is 13.6. The van der Waals surface area contributed by atoms with Gasteiger partial charge in [-0.1, -0.05) is 18.2 Å². The molecule has 0 spiro atoms. The second-order valence-electron chi connectivity index (χ2n) is 7.30. The molecule has 2 aliphatic heterocycles. The molecule has 2 aromatic rings. The third-order valence-corrected chi connectivity index (χ3v) is 5.41. The number of halogens is 2. The van der Waals surface area contributed by atoms with Crippen LogP contribution in [0.4, 0.5) is 13.6 Å². The number of nitrogens with zero attached hydrogens (tertiary/aromatic N) is 2. The second-order valence-corrected chi connectivity index (χ2v) is 7.30. The van der Waals surface area contributed by atoms with Crippen LogP contribution in [0.2, 0.25) is 0 Å². The van der Waals surface area contributed by atoms with Gasteiger partial charge in [0, 0.05) is 13.1 Å². The lowest BCUT2D eigenvalue weighted by Crippen LogP contribution is -2.41. The molecule has 2 aliphatic rings. The molecule has 0 bridgehead atoms. The largest absolute Gasteiger partial charge is 0.325 e. The van der Waals surface area contributed by atoms with Gasteiger partial charge in [0.1, 0.15) is 5.54 Å². The maximum Gasteiger partial charge on any atom is 0.325 e. The van der Waals surface area contributed by atoms with Crippen LogP contribution >= 0.6 is 0 Å². The first kappa shape index (κ1) is 19.7. The molecule has 2 heterocycles. The highest BCUT2D eigenvalue weighted by Crippen LogP contribution is 2.30. The van der Waals surface area contributed by atoms with Gasteiger partial charge in [-0.3, -0.25) is 24.2 Å². The van der Waals surface area contributed by atoms with Crippen LogP contribution in [0.3, 0.4) is 0 Å². The quantitative estimate of drug-likeness (QED) is 0.603. The van der Waals surface area contributed by atoms with E-state index in [4.69, 9.17) is 0 Å². The van der Waals surface area contributed by atoms with Crippen LogP contribution in [0, 0.1) is 11.6 Å². The summed E-state index contributed by atoms with van der Waals surface area (Å²) >= 11 is 0. The van der Waals surface area contributed by atoms with Crippen molar-refractivity contribution in [3.05, 3.63) is 70.8 Å². The summed E-state index contributed by atoms with van der Waals surface area (Å²) in [6.45, 7) is 1.40. The zero-order valence-electron chi connectivity index (χ0n) is 15.9. The van der Waals surface area contributed by atoms with E-state index < -0.39 is 40.9 Å². The molecule has 0 saturated carbocycles. The molecule has 1 atom stereocenters. The number of carbonyl (C=O) groups excluding carboxylic acids is 4. The van der Waals surface area contributed by atoms with Crippen LogP contribution in [0.5, 0.6) is 0 Å². The first-order chi connectivity index (χ1) is 14.2. The molecule has 1 saturated heterocycles. The van der Waals surface area contributed by atoms with E-state index in [1.165, 1.54) is 13.0 Å². The van der Waals surface area contributed by atoms with E-state index in [1.54, 1.807) is 24.3 Å². The van der Waals surface area contributed by atoms with E-state index in [1.807, 2.05) is 0 Å². The number of hydrogen-bond donors (Lipinski definition) is 1. The first-order valence-electron chi connectivity index (χ1n) is 9.29. The Kier molecular flexibility index (Phi) is 4.60. The maximum atomic E-state index is 13.6. The molecule has 1 fully saturated rings. The number of carbonyl (C=O) groups is 4. The SMILES string of the molecule is C[C@]1(c2ccc(F)c(F)c2)NC(=O)N(CCCN2C(=O)c3ccccc3C2=O)C1=O. The highest BCUT2D eigenvalue weighted by atomic mass is 19.2.